The predicted molar refractivity (Wildman–Crippen MR) is 120 cm³/mol. The minimum Gasteiger partial charge on any atom is -0.489 e. The summed E-state index contributed by atoms with van der Waals surface area (Å²) in [5.74, 6) is -0.628. The quantitative estimate of drug-likeness (QED) is 0.354. The van der Waals surface area contributed by atoms with Crippen molar-refractivity contribution in [2.45, 2.75) is 6.61 Å². The van der Waals surface area contributed by atoms with Crippen LogP contribution in [0.5, 0.6) is 5.75 Å². The molecule has 1 heterocycles. The van der Waals surface area contributed by atoms with E-state index < -0.39 is 17.4 Å². The number of para-hydroxylation sites is 1. The topological polar surface area (TPSA) is 97.6 Å². The summed E-state index contributed by atoms with van der Waals surface area (Å²) in [6.07, 6.45) is 0. The summed E-state index contributed by atoms with van der Waals surface area (Å²) in [6.45, 7) is 0.317. The third kappa shape index (κ3) is 4.96. The van der Waals surface area contributed by atoms with Crippen LogP contribution in [0.1, 0.15) is 26.3 Å². The number of nitrogens with one attached hydrogen (secondary N) is 2. The summed E-state index contributed by atoms with van der Waals surface area (Å²) in [7, 11) is 0. The molecule has 0 atom stereocenters. The van der Waals surface area contributed by atoms with E-state index in [1.165, 1.54) is 6.07 Å². The van der Waals surface area contributed by atoms with Crippen LogP contribution in [0, 0.1) is 0 Å². The highest BCUT2D eigenvalue weighted by molar-refractivity contribution is 6.30. The van der Waals surface area contributed by atoms with Gasteiger partial charge in [-0.05, 0) is 54.1 Å². The zero-order chi connectivity index (χ0) is 22.5. The van der Waals surface area contributed by atoms with Gasteiger partial charge in [-0.15, -0.1) is 0 Å². The summed E-state index contributed by atoms with van der Waals surface area (Å²) in [6, 6.07) is 21.9. The maximum atomic E-state index is 12.3. The molecule has 0 unspecified atom stereocenters. The summed E-state index contributed by atoms with van der Waals surface area (Å²) in [4.78, 5) is 36.7. The van der Waals surface area contributed by atoms with Crippen molar-refractivity contribution in [3.63, 3.8) is 0 Å². The monoisotopic (exact) mass is 448 g/mol. The molecule has 4 rings (SSSR count). The highest BCUT2D eigenvalue weighted by Gasteiger charge is 2.15. The zero-order valence-corrected chi connectivity index (χ0v) is 17.4. The predicted octanol–water partition coefficient (Wildman–Crippen LogP) is 4.10. The van der Waals surface area contributed by atoms with Gasteiger partial charge in [-0.1, -0.05) is 41.9 Å². The van der Waals surface area contributed by atoms with Crippen molar-refractivity contribution < 1.29 is 18.7 Å². The normalized spacial score (nSPS) is 10.5. The Morgan fingerprint density at radius 3 is 2.31 bits per heavy atom. The lowest BCUT2D eigenvalue weighted by Gasteiger charge is -2.09. The van der Waals surface area contributed by atoms with Gasteiger partial charge >= 0.3 is 5.63 Å². The first kappa shape index (κ1) is 21.1. The highest BCUT2D eigenvalue weighted by atomic mass is 35.5. The number of carbonyl (C=O) groups excluding carboxylic acids is 2. The van der Waals surface area contributed by atoms with E-state index in [0.717, 1.165) is 5.56 Å². The van der Waals surface area contributed by atoms with Crippen LogP contribution in [-0.2, 0) is 6.61 Å². The maximum absolute atomic E-state index is 12.3. The number of hydrazine groups is 1. The van der Waals surface area contributed by atoms with Gasteiger partial charge in [-0.2, -0.15) is 0 Å². The number of carbonyl (C=O) groups is 2. The third-order valence-corrected chi connectivity index (χ3v) is 4.86. The largest absolute Gasteiger partial charge is 0.489 e. The molecule has 0 radical (unpaired) electrons. The Kier molecular flexibility index (Phi) is 6.19. The molecule has 0 saturated carbocycles. The molecule has 8 heteroatoms. The van der Waals surface area contributed by atoms with E-state index >= 15 is 0 Å². The molecule has 4 aromatic rings. The van der Waals surface area contributed by atoms with Gasteiger partial charge in [0.15, 0.2) is 0 Å². The van der Waals surface area contributed by atoms with E-state index in [1.807, 2.05) is 0 Å². The van der Waals surface area contributed by atoms with Crippen LogP contribution in [0.4, 0.5) is 0 Å². The molecule has 0 fully saturated rings. The van der Waals surface area contributed by atoms with Crippen LogP contribution in [0.25, 0.3) is 11.0 Å². The number of halogens is 1. The molecule has 160 valence electrons. The Labute approximate surface area is 187 Å². The summed E-state index contributed by atoms with van der Waals surface area (Å²) in [5, 5.41) is 1.22. The fourth-order valence-electron chi connectivity index (χ4n) is 2.92. The van der Waals surface area contributed by atoms with Crippen molar-refractivity contribution >= 4 is 34.4 Å². The minimum atomic E-state index is -0.791. The smallest absolute Gasteiger partial charge is 0.349 e. The lowest BCUT2D eigenvalue weighted by atomic mass is 10.1. The highest BCUT2D eigenvalue weighted by Crippen LogP contribution is 2.17. The molecule has 7 nitrogen and oxygen atoms in total. The van der Waals surface area contributed by atoms with Gasteiger partial charge in [0.25, 0.3) is 11.8 Å². The van der Waals surface area contributed by atoms with Gasteiger partial charge in [-0.25, -0.2) is 4.79 Å². The first-order valence-corrected chi connectivity index (χ1v) is 9.98. The number of hydrogen-bond acceptors (Lipinski definition) is 5. The molecule has 32 heavy (non-hydrogen) atoms. The minimum absolute atomic E-state index is 0.210. The molecule has 0 spiro atoms. The lowest BCUT2D eigenvalue weighted by molar-refractivity contribution is 0.0844. The zero-order valence-electron chi connectivity index (χ0n) is 16.6. The molecule has 2 N–H and O–H groups in total. The van der Waals surface area contributed by atoms with Crippen molar-refractivity contribution in [3.8, 4) is 5.75 Å². The van der Waals surface area contributed by atoms with Crippen LogP contribution in [-0.4, -0.2) is 11.8 Å². The number of rotatable bonds is 5. The fraction of sp³-hybridized carbons (Fsp3) is 0.0417. The van der Waals surface area contributed by atoms with Crippen LogP contribution >= 0.6 is 11.6 Å². The van der Waals surface area contributed by atoms with Gasteiger partial charge in [0, 0.05) is 16.0 Å². The Morgan fingerprint density at radius 1 is 0.875 bits per heavy atom. The molecule has 0 aliphatic carbocycles. The van der Waals surface area contributed by atoms with Crippen LogP contribution in [0.2, 0.25) is 5.02 Å². The number of hydrogen-bond donors (Lipinski definition) is 2. The first-order chi connectivity index (χ1) is 15.5. The van der Waals surface area contributed by atoms with Gasteiger partial charge in [0.05, 0.1) is 0 Å². The van der Waals surface area contributed by atoms with Crippen molar-refractivity contribution in [1.82, 2.24) is 10.9 Å². The number of ether oxygens (including phenoxy) is 1. The molecule has 3 aromatic carbocycles. The molecule has 0 bridgehead atoms. The summed E-state index contributed by atoms with van der Waals surface area (Å²) < 4.78 is 10.8. The number of fused-ring (bicyclic) bond motifs is 1. The molecule has 2 amide bonds. The van der Waals surface area contributed by atoms with E-state index in [9.17, 15) is 14.4 Å². The third-order valence-electron chi connectivity index (χ3n) is 4.61. The SMILES string of the molecule is O=C(NNC(=O)c1cc2ccccc2oc1=O)c1ccc(COc2ccc(Cl)cc2)cc1. The van der Waals surface area contributed by atoms with Crippen molar-refractivity contribution in [3.05, 3.63) is 111 Å². The van der Waals surface area contributed by atoms with E-state index in [1.54, 1.807) is 72.8 Å². The fourth-order valence-corrected chi connectivity index (χ4v) is 3.05. The summed E-state index contributed by atoms with van der Waals surface area (Å²) in [5.41, 5.74) is 5.08. The second-order valence-electron chi connectivity index (χ2n) is 6.83. The second kappa shape index (κ2) is 9.36. The Balaban J connectivity index is 1.34. The van der Waals surface area contributed by atoms with Gasteiger partial charge in [-0.3, -0.25) is 20.4 Å². The maximum Gasteiger partial charge on any atom is 0.349 e. The Bertz CT molecular complexity index is 1330. The van der Waals surface area contributed by atoms with Gasteiger partial charge in [0.2, 0.25) is 0 Å². The van der Waals surface area contributed by atoms with E-state index in [2.05, 4.69) is 10.9 Å². The summed E-state index contributed by atoms with van der Waals surface area (Å²) >= 11 is 5.85. The van der Waals surface area contributed by atoms with E-state index in [-0.39, 0.29) is 5.56 Å². The molecule has 0 aliphatic heterocycles. The molecule has 0 aliphatic rings. The molecular formula is C24H17ClN2O5. The number of benzene rings is 3. The average molecular weight is 449 g/mol. The van der Waals surface area contributed by atoms with Crippen LogP contribution in [0.3, 0.4) is 0 Å². The van der Waals surface area contributed by atoms with Crippen LogP contribution in [0.15, 0.2) is 88.1 Å². The standard InChI is InChI=1S/C24H17ClN2O5/c25-18-9-11-19(12-10-18)31-14-15-5-7-16(8-6-15)22(28)26-27-23(29)20-13-17-3-1-2-4-21(17)32-24(20)30/h1-13H,14H2,(H,26,28)(H,27,29). The molecule has 0 saturated heterocycles. The van der Waals surface area contributed by atoms with Crippen molar-refractivity contribution in [1.29, 1.82) is 0 Å². The van der Waals surface area contributed by atoms with Gasteiger partial charge < -0.3 is 9.15 Å². The first-order valence-electron chi connectivity index (χ1n) is 9.60. The van der Waals surface area contributed by atoms with Crippen molar-refractivity contribution in [2.75, 3.05) is 0 Å². The molecule has 1 aromatic heterocycles. The van der Waals surface area contributed by atoms with E-state index in [4.69, 9.17) is 20.8 Å². The number of amides is 2. The Hall–Kier alpha value is -4.10. The van der Waals surface area contributed by atoms with E-state index in [0.29, 0.717) is 33.9 Å². The van der Waals surface area contributed by atoms with Crippen molar-refractivity contribution in [2.24, 2.45) is 0 Å². The molecular weight excluding hydrogens is 432 g/mol. The lowest BCUT2D eigenvalue weighted by Crippen LogP contribution is -2.43. The van der Waals surface area contributed by atoms with Gasteiger partial charge in [0.1, 0.15) is 23.5 Å². The van der Waals surface area contributed by atoms with Crippen LogP contribution < -0.4 is 21.2 Å². The average Bonchev–Trinajstić information content (AvgIpc) is 2.82. The Morgan fingerprint density at radius 2 is 1.56 bits per heavy atom. The second-order valence-corrected chi connectivity index (χ2v) is 7.27.